The van der Waals surface area contributed by atoms with Crippen molar-refractivity contribution in [1.82, 2.24) is 10.2 Å². The van der Waals surface area contributed by atoms with E-state index in [2.05, 4.69) is 17.1 Å². The van der Waals surface area contributed by atoms with E-state index in [0.29, 0.717) is 24.9 Å². The molecule has 0 aromatic heterocycles. The number of urea groups is 1. The zero-order valence-corrected chi connectivity index (χ0v) is 14.7. The summed E-state index contributed by atoms with van der Waals surface area (Å²) in [6.45, 7) is 5.51. The lowest BCUT2D eigenvalue weighted by molar-refractivity contribution is 0.194. The van der Waals surface area contributed by atoms with Gasteiger partial charge in [-0.05, 0) is 18.4 Å². The number of methoxy groups -OCH3 is 1. The van der Waals surface area contributed by atoms with E-state index in [1.807, 2.05) is 11.2 Å². The summed E-state index contributed by atoms with van der Waals surface area (Å²) in [6, 6.07) is 4.85. The molecule has 1 aliphatic heterocycles. The molecule has 1 heterocycles. The fraction of sp³-hybridized carbons (Fsp3) is 0.562. The molecule has 1 N–H and O–H groups in total. The van der Waals surface area contributed by atoms with Gasteiger partial charge in [-0.3, -0.25) is 0 Å². The number of nitrogens with one attached hydrogen (secondary N) is 1. The number of piperazine rings is 1. The SMILES string of the molecule is COc1cc(N2CCN(C(=O)NCC(C)SC)CC2)ccc1F. The first kappa shape index (κ1) is 17.7. The molecule has 128 valence electrons. The molecule has 1 atom stereocenters. The first-order chi connectivity index (χ1) is 11.0. The monoisotopic (exact) mass is 341 g/mol. The Morgan fingerprint density at radius 2 is 2.09 bits per heavy atom. The minimum Gasteiger partial charge on any atom is -0.494 e. The van der Waals surface area contributed by atoms with Crippen LogP contribution in [0.15, 0.2) is 18.2 Å². The lowest BCUT2D eigenvalue weighted by Gasteiger charge is -2.36. The van der Waals surface area contributed by atoms with E-state index in [4.69, 9.17) is 4.74 Å². The number of halogens is 1. The number of rotatable bonds is 5. The molecule has 5 nitrogen and oxygen atoms in total. The Hall–Kier alpha value is -1.63. The molecule has 2 rings (SSSR count). The van der Waals surface area contributed by atoms with Crippen LogP contribution in [0, 0.1) is 5.82 Å². The van der Waals surface area contributed by atoms with Gasteiger partial charge in [-0.1, -0.05) is 6.92 Å². The Kier molecular flexibility index (Phi) is 6.38. The second-order valence-electron chi connectivity index (χ2n) is 5.53. The van der Waals surface area contributed by atoms with Crippen molar-refractivity contribution in [3.63, 3.8) is 0 Å². The second-order valence-corrected chi connectivity index (χ2v) is 6.80. The van der Waals surface area contributed by atoms with Gasteiger partial charge in [0.2, 0.25) is 0 Å². The van der Waals surface area contributed by atoms with Gasteiger partial charge >= 0.3 is 6.03 Å². The number of hydrogen-bond acceptors (Lipinski definition) is 4. The lowest BCUT2D eigenvalue weighted by Crippen LogP contribution is -2.52. The van der Waals surface area contributed by atoms with Gasteiger partial charge in [0.05, 0.1) is 7.11 Å². The fourth-order valence-electron chi connectivity index (χ4n) is 2.44. The van der Waals surface area contributed by atoms with Crippen LogP contribution in [-0.4, -0.2) is 62.3 Å². The molecule has 0 saturated carbocycles. The highest BCUT2D eigenvalue weighted by molar-refractivity contribution is 7.99. The third-order valence-corrected chi connectivity index (χ3v) is 4.98. The molecule has 23 heavy (non-hydrogen) atoms. The summed E-state index contributed by atoms with van der Waals surface area (Å²) in [5.41, 5.74) is 0.916. The van der Waals surface area contributed by atoms with Crippen LogP contribution in [0.3, 0.4) is 0 Å². The van der Waals surface area contributed by atoms with Gasteiger partial charge in [0.15, 0.2) is 11.6 Å². The van der Waals surface area contributed by atoms with Crippen LogP contribution in [0.5, 0.6) is 5.75 Å². The first-order valence-corrected chi connectivity index (χ1v) is 8.98. The summed E-state index contributed by atoms with van der Waals surface area (Å²) in [5.74, 6) is -0.120. The zero-order chi connectivity index (χ0) is 16.8. The number of benzene rings is 1. The molecule has 1 aliphatic rings. The minimum absolute atomic E-state index is 0.0118. The smallest absolute Gasteiger partial charge is 0.317 e. The molecule has 1 saturated heterocycles. The molecule has 1 aromatic rings. The molecule has 1 unspecified atom stereocenters. The number of hydrogen-bond donors (Lipinski definition) is 1. The van der Waals surface area contributed by atoms with E-state index in [1.54, 1.807) is 23.9 Å². The van der Waals surface area contributed by atoms with Gasteiger partial charge in [0.1, 0.15) is 0 Å². The average molecular weight is 341 g/mol. The van der Waals surface area contributed by atoms with Crippen molar-refractivity contribution in [3.8, 4) is 5.75 Å². The van der Waals surface area contributed by atoms with E-state index < -0.39 is 0 Å². The van der Waals surface area contributed by atoms with Gasteiger partial charge in [0.25, 0.3) is 0 Å². The Labute approximate surface area is 141 Å². The van der Waals surface area contributed by atoms with Gasteiger partial charge in [-0.25, -0.2) is 9.18 Å². The first-order valence-electron chi connectivity index (χ1n) is 7.69. The Bertz CT molecular complexity index is 536. The molecular formula is C16H24FN3O2S. The molecule has 7 heteroatoms. The zero-order valence-electron chi connectivity index (χ0n) is 13.8. The highest BCUT2D eigenvalue weighted by Crippen LogP contribution is 2.25. The molecule has 0 bridgehead atoms. The van der Waals surface area contributed by atoms with Crippen LogP contribution in [-0.2, 0) is 0 Å². The number of amides is 2. The van der Waals surface area contributed by atoms with Crippen LogP contribution in [0.4, 0.5) is 14.9 Å². The quantitative estimate of drug-likeness (QED) is 0.893. The van der Waals surface area contributed by atoms with Crippen LogP contribution < -0.4 is 15.0 Å². The predicted octanol–water partition coefficient (Wildman–Crippen LogP) is 2.42. The Morgan fingerprint density at radius 3 is 2.70 bits per heavy atom. The van der Waals surface area contributed by atoms with Crippen LogP contribution >= 0.6 is 11.8 Å². The van der Waals surface area contributed by atoms with E-state index in [-0.39, 0.29) is 17.6 Å². The molecule has 0 spiro atoms. The molecule has 0 aliphatic carbocycles. The summed E-state index contributed by atoms with van der Waals surface area (Å²) in [7, 11) is 1.46. The summed E-state index contributed by atoms with van der Waals surface area (Å²) < 4.78 is 18.5. The molecular weight excluding hydrogens is 317 g/mol. The van der Waals surface area contributed by atoms with Gasteiger partial charge in [-0.2, -0.15) is 11.8 Å². The standard InChI is InChI=1S/C16H24FN3O2S/c1-12(23-3)11-18-16(21)20-8-6-19(7-9-20)13-4-5-14(17)15(10-13)22-2/h4-5,10,12H,6-9,11H2,1-3H3,(H,18,21). The summed E-state index contributed by atoms with van der Waals surface area (Å²) in [6.07, 6.45) is 2.03. The van der Waals surface area contributed by atoms with Crippen molar-refractivity contribution in [3.05, 3.63) is 24.0 Å². The third-order valence-electron chi connectivity index (χ3n) is 4.01. The predicted molar refractivity (Wildman–Crippen MR) is 93.1 cm³/mol. The second kappa shape index (κ2) is 8.29. The maximum absolute atomic E-state index is 13.5. The van der Waals surface area contributed by atoms with Crippen molar-refractivity contribution in [2.45, 2.75) is 12.2 Å². The van der Waals surface area contributed by atoms with Crippen LogP contribution in [0.1, 0.15) is 6.92 Å². The van der Waals surface area contributed by atoms with E-state index >= 15 is 0 Å². The van der Waals surface area contributed by atoms with Crippen molar-refractivity contribution in [2.24, 2.45) is 0 Å². The van der Waals surface area contributed by atoms with E-state index in [0.717, 1.165) is 18.8 Å². The maximum atomic E-state index is 13.5. The van der Waals surface area contributed by atoms with Crippen molar-refractivity contribution >= 4 is 23.5 Å². The molecule has 0 radical (unpaired) electrons. The Balaban J connectivity index is 1.87. The third kappa shape index (κ3) is 4.67. The number of nitrogens with zero attached hydrogens (tertiary/aromatic N) is 2. The number of ether oxygens (including phenoxy) is 1. The fourth-order valence-corrected chi connectivity index (χ4v) is 2.69. The topological polar surface area (TPSA) is 44.8 Å². The number of carbonyl (C=O) groups is 1. The molecule has 2 amide bonds. The van der Waals surface area contributed by atoms with Crippen molar-refractivity contribution < 1.29 is 13.9 Å². The molecule has 1 fully saturated rings. The van der Waals surface area contributed by atoms with E-state index in [1.165, 1.54) is 13.2 Å². The summed E-state index contributed by atoms with van der Waals surface area (Å²) in [4.78, 5) is 16.1. The highest BCUT2D eigenvalue weighted by Gasteiger charge is 2.22. The number of anilines is 1. The van der Waals surface area contributed by atoms with Crippen molar-refractivity contribution in [1.29, 1.82) is 0 Å². The van der Waals surface area contributed by atoms with Crippen LogP contribution in [0.25, 0.3) is 0 Å². The Morgan fingerprint density at radius 1 is 1.39 bits per heavy atom. The minimum atomic E-state index is -0.364. The van der Waals surface area contributed by atoms with Crippen molar-refractivity contribution in [2.75, 3.05) is 51.0 Å². The highest BCUT2D eigenvalue weighted by atomic mass is 32.2. The normalized spacial score (nSPS) is 16.2. The summed E-state index contributed by atoms with van der Waals surface area (Å²) in [5, 5.41) is 3.37. The number of carbonyl (C=O) groups excluding carboxylic acids is 1. The van der Waals surface area contributed by atoms with E-state index in [9.17, 15) is 9.18 Å². The van der Waals surface area contributed by atoms with Crippen LogP contribution in [0.2, 0.25) is 0 Å². The largest absolute Gasteiger partial charge is 0.494 e. The molecule has 1 aromatic carbocycles. The maximum Gasteiger partial charge on any atom is 0.317 e. The van der Waals surface area contributed by atoms with Gasteiger partial charge in [-0.15, -0.1) is 0 Å². The van der Waals surface area contributed by atoms with Gasteiger partial charge in [0, 0.05) is 49.7 Å². The lowest BCUT2D eigenvalue weighted by atomic mass is 10.2. The summed E-state index contributed by atoms with van der Waals surface area (Å²) >= 11 is 1.73. The number of thioether (sulfide) groups is 1. The average Bonchev–Trinajstić information content (AvgIpc) is 2.59. The van der Waals surface area contributed by atoms with Gasteiger partial charge < -0.3 is 19.9 Å².